The first-order valence-electron chi connectivity index (χ1n) is 7.30. The molecule has 1 aromatic carbocycles. The van der Waals surface area contributed by atoms with Gasteiger partial charge in [-0.25, -0.2) is 0 Å². The highest BCUT2D eigenvalue weighted by molar-refractivity contribution is 7.13. The lowest BCUT2D eigenvalue weighted by Crippen LogP contribution is -2.37. The molecule has 1 N–H and O–H groups in total. The van der Waals surface area contributed by atoms with E-state index < -0.39 is 0 Å². The van der Waals surface area contributed by atoms with E-state index in [1.165, 1.54) is 35.4 Å². The number of para-hydroxylation sites is 1. The summed E-state index contributed by atoms with van der Waals surface area (Å²) in [4.78, 5) is 1.32. The van der Waals surface area contributed by atoms with E-state index in [1.54, 1.807) is 11.3 Å². The minimum absolute atomic E-state index is 0.333. The van der Waals surface area contributed by atoms with Crippen LogP contribution in [0.25, 0.3) is 10.4 Å². The molecule has 0 amide bonds. The van der Waals surface area contributed by atoms with E-state index in [4.69, 9.17) is 4.74 Å². The molecular weight excluding hydrogens is 266 g/mol. The molecule has 20 heavy (non-hydrogen) atoms. The van der Waals surface area contributed by atoms with E-state index >= 15 is 0 Å². The Morgan fingerprint density at radius 3 is 2.75 bits per heavy atom. The zero-order valence-electron chi connectivity index (χ0n) is 11.8. The molecular formula is C17H21NOS. The van der Waals surface area contributed by atoms with Crippen LogP contribution in [-0.2, 0) is 4.74 Å². The smallest absolute Gasteiger partial charge is 0.0772 e. The molecule has 0 aliphatic heterocycles. The maximum Gasteiger partial charge on any atom is 0.0772 e. The SMILES string of the molecule is COC1CCCCC1Nc1ccccc1-c1cccs1. The van der Waals surface area contributed by atoms with Crippen LogP contribution in [0, 0.1) is 0 Å². The van der Waals surface area contributed by atoms with E-state index in [-0.39, 0.29) is 0 Å². The van der Waals surface area contributed by atoms with E-state index in [2.05, 4.69) is 47.1 Å². The summed E-state index contributed by atoms with van der Waals surface area (Å²) in [7, 11) is 1.83. The zero-order valence-corrected chi connectivity index (χ0v) is 12.7. The quantitative estimate of drug-likeness (QED) is 0.873. The molecule has 2 nitrogen and oxygen atoms in total. The van der Waals surface area contributed by atoms with E-state index in [1.807, 2.05) is 7.11 Å². The monoisotopic (exact) mass is 287 g/mol. The second-order valence-corrected chi connectivity index (χ2v) is 6.28. The molecule has 1 saturated carbocycles. The molecule has 2 unspecified atom stereocenters. The van der Waals surface area contributed by atoms with Crippen LogP contribution in [-0.4, -0.2) is 19.3 Å². The topological polar surface area (TPSA) is 21.3 Å². The molecule has 1 fully saturated rings. The maximum atomic E-state index is 5.65. The number of hydrogen-bond acceptors (Lipinski definition) is 3. The average molecular weight is 287 g/mol. The van der Waals surface area contributed by atoms with Gasteiger partial charge in [0.25, 0.3) is 0 Å². The van der Waals surface area contributed by atoms with Crippen molar-refractivity contribution in [3.8, 4) is 10.4 Å². The Kier molecular flexibility index (Phi) is 4.38. The van der Waals surface area contributed by atoms with Crippen molar-refractivity contribution in [2.75, 3.05) is 12.4 Å². The number of hydrogen-bond donors (Lipinski definition) is 1. The lowest BCUT2D eigenvalue weighted by molar-refractivity contribution is 0.0606. The lowest BCUT2D eigenvalue weighted by Gasteiger charge is -2.32. The largest absolute Gasteiger partial charge is 0.379 e. The van der Waals surface area contributed by atoms with Gasteiger partial charge in [-0.05, 0) is 30.4 Å². The third-order valence-electron chi connectivity index (χ3n) is 4.06. The van der Waals surface area contributed by atoms with Gasteiger partial charge in [0.15, 0.2) is 0 Å². The summed E-state index contributed by atoms with van der Waals surface area (Å²) in [6.07, 6.45) is 5.26. The second-order valence-electron chi connectivity index (χ2n) is 5.33. The molecule has 0 radical (unpaired) electrons. The van der Waals surface area contributed by atoms with Gasteiger partial charge < -0.3 is 10.1 Å². The minimum Gasteiger partial charge on any atom is -0.379 e. The van der Waals surface area contributed by atoms with Crippen LogP contribution < -0.4 is 5.32 Å². The maximum absolute atomic E-state index is 5.65. The molecule has 0 spiro atoms. The van der Waals surface area contributed by atoms with Crippen LogP contribution in [0.3, 0.4) is 0 Å². The van der Waals surface area contributed by atoms with Crippen molar-refractivity contribution in [2.24, 2.45) is 0 Å². The molecule has 0 bridgehead atoms. The number of nitrogens with one attached hydrogen (secondary N) is 1. The zero-order chi connectivity index (χ0) is 13.8. The van der Waals surface area contributed by atoms with Crippen LogP contribution >= 0.6 is 11.3 Å². The Hall–Kier alpha value is -1.32. The van der Waals surface area contributed by atoms with Gasteiger partial charge in [-0.2, -0.15) is 0 Å². The molecule has 1 aromatic heterocycles. The third kappa shape index (κ3) is 2.89. The summed E-state index contributed by atoms with van der Waals surface area (Å²) in [5, 5.41) is 5.85. The summed E-state index contributed by atoms with van der Waals surface area (Å²) < 4.78 is 5.65. The number of rotatable bonds is 4. The first-order chi connectivity index (χ1) is 9.88. The predicted molar refractivity (Wildman–Crippen MR) is 86.4 cm³/mol. The third-order valence-corrected chi connectivity index (χ3v) is 4.96. The number of methoxy groups -OCH3 is 1. The fourth-order valence-electron chi connectivity index (χ4n) is 3.00. The van der Waals surface area contributed by atoms with Crippen LogP contribution in [0.2, 0.25) is 0 Å². The molecule has 1 heterocycles. The van der Waals surface area contributed by atoms with Crippen LogP contribution in [0.4, 0.5) is 5.69 Å². The van der Waals surface area contributed by atoms with E-state index in [0.717, 1.165) is 6.42 Å². The van der Waals surface area contributed by atoms with Crippen LogP contribution in [0.15, 0.2) is 41.8 Å². The predicted octanol–water partition coefficient (Wildman–Crippen LogP) is 4.78. The van der Waals surface area contributed by atoms with Gasteiger partial charge in [0.05, 0.1) is 12.1 Å². The Morgan fingerprint density at radius 1 is 1.10 bits per heavy atom. The van der Waals surface area contributed by atoms with Gasteiger partial charge in [0.1, 0.15) is 0 Å². The normalized spacial score (nSPS) is 22.6. The standard InChI is InChI=1S/C17H21NOS/c1-19-16-10-5-4-9-15(16)18-14-8-3-2-7-13(14)17-11-6-12-20-17/h2-3,6-8,11-12,15-16,18H,4-5,9-10H2,1H3. The lowest BCUT2D eigenvalue weighted by atomic mass is 9.92. The highest BCUT2D eigenvalue weighted by atomic mass is 32.1. The van der Waals surface area contributed by atoms with Crippen molar-refractivity contribution in [3.05, 3.63) is 41.8 Å². The van der Waals surface area contributed by atoms with Crippen molar-refractivity contribution >= 4 is 17.0 Å². The van der Waals surface area contributed by atoms with Crippen LogP contribution in [0.1, 0.15) is 25.7 Å². The fourth-order valence-corrected chi connectivity index (χ4v) is 3.77. The Balaban J connectivity index is 1.83. The van der Waals surface area contributed by atoms with Gasteiger partial charge in [0, 0.05) is 23.2 Å². The number of thiophene rings is 1. The van der Waals surface area contributed by atoms with Gasteiger partial charge in [-0.15, -0.1) is 11.3 Å². The highest BCUT2D eigenvalue weighted by Crippen LogP contribution is 2.33. The van der Waals surface area contributed by atoms with Crippen molar-refractivity contribution in [1.29, 1.82) is 0 Å². The average Bonchev–Trinajstić information content (AvgIpc) is 3.02. The van der Waals surface area contributed by atoms with E-state index in [9.17, 15) is 0 Å². The van der Waals surface area contributed by atoms with Gasteiger partial charge in [0.2, 0.25) is 0 Å². The van der Waals surface area contributed by atoms with Crippen LogP contribution in [0.5, 0.6) is 0 Å². The summed E-state index contributed by atoms with van der Waals surface area (Å²) in [5.74, 6) is 0. The summed E-state index contributed by atoms with van der Waals surface area (Å²) in [5.41, 5.74) is 2.52. The summed E-state index contributed by atoms with van der Waals surface area (Å²) in [6.45, 7) is 0. The van der Waals surface area contributed by atoms with E-state index in [0.29, 0.717) is 12.1 Å². The number of benzene rings is 1. The molecule has 2 aromatic rings. The molecule has 0 saturated heterocycles. The fraction of sp³-hybridized carbons (Fsp3) is 0.412. The molecule has 1 aliphatic carbocycles. The molecule has 106 valence electrons. The second kappa shape index (κ2) is 6.42. The van der Waals surface area contributed by atoms with Gasteiger partial charge >= 0.3 is 0 Å². The Bertz CT molecular complexity index is 538. The van der Waals surface area contributed by atoms with Crippen molar-refractivity contribution in [3.63, 3.8) is 0 Å². The van der Waals surface area contributed by atoms with Gasteiger partial charge in [-0.1, -0.05) is 37.1 Å². The molecule has 1 aliphatic rings. The van der Waals surface area contributed by atoms with Crippen molar-refractivity contribution in [2.45, 2.75) is 37.8 Å². The van der Waals surface area contributed by atoms with Gasteiger partial charge in [-0.3, -0.25) is 0 Å². The minimum atomic E-state index is 0.333. The summed E-state index contributed by atoms with van der Waals surface area (Å²) >= 11 is 1.79. The molecule has 2 atom stereocenters. The summed E-state index contributed by atoms with van der Waals surface area (Å²) in [6, 6.07) is 13.3. The van der Waals surface area contributed by atoms with Crippen molar-refractivity contribution < 1.29 is 4.74 Å². The molecule has 3 rings (SSSR count). The molecule has 3 heteroatoms. The van der Waals surface area contributed by atoms with Crippen molar-refractivity contribution in [1.82, 2.24) is 0 Å². The first kappa shape index (κ1) is 13.7. The number of ether oxygens (including phenoxy) is 1. The first-order valence-corrected chi connectivity index (χ1v) is 8.18. The number of anilines is 1. The highest BCUT2D eigenvalue weighted by Gasteiger charge is 2.25. The Labute approximate surface area is 124 Å². The Morgan fingerprint density at radius 2 is 1.95 bits per heavy atom.